The van der Waals surface area contributed by atoms with Gasteiger partial charge in [0.1, 0.15) is 0 Å². The van der Waals surface area contributed by atoms with Gasteiger partial charge in [-0.3, -0.25) is 0 Å². The summed E-state index contributed by atoms with van der Waals surface area (Å²) in [7, 11) is 3.26. The van der Waals surface area contributed by atoms with E-state index in [0.29, 0.717) is 13.2 Å². The van der Waals surface area contributed by atoms with Crippen molar-refractivity contribution in [2.24, 2.45) is 0 Å². The van der Waals surface area contributed by atoms with Gasteiger partial charge in [0.05, 0.1) is 27.4 Å². The summed E-state index contributed by atoms with van der Waals surface area (Å²) < 4.78 is 16.1. The van der Waals surface area contributed by atoms with Crippen LogP contribution in [0.4, 0.5) is 0 Å². The van der Waals surface area contributed by atoms with Crippen molar-refractivity contribution in [3.05, 3.63) is 59.7 Å². The van der Waals surface area contributed by atoms with Gasteiger partial charge in [0, 0.05) is 0 Å². The molecule has 3 heteroatoms. The summed E-state index contributed by atoms with van der Waals surface area (Å²) in [5.41, 5.74) is 2.23. The third-order valence-corrected chi connectivity index (χ3v) is 2.83. The van der Waals surface area contributed by atoms with Gasteiger partial charge in [-0.05, 0) is 23.3 Å². The van der Waals surface area contributed by atoms with Crippen LogP contribution in [0.1, 0.15) is 11.1 Å². The van der Waals surface area contributed by atoms with Crippen LogP contribution < -0.4 is 9.47 Å². The molecule has 2 aromatic rings. The summed E-state index contributed by atoms with van der Waals surface area (Å²) in [4.78, 5) is 0. The van der Waals surface area contributed by atoms with E-state index < -0.39 is 0 Å². The van der Waals surface area contributed by atoms with E-state index in [1.807, 2.05) is 36.4 Å². The van der Waals surface area contributed by atoms with Crippen LogP contribution in [0.5, 0.6) is 11.5 Å². The second kappa shape index (κ2) is 6.81. The molecule has 0 amide bonds. The van der Waals surface area contributed by atoms with Crippen molar-refractivity contribution in [3.63, 3.8) is 0 Å². The van der Waals surface area contributed by atoms with Crippen molar-refractivity contribution in [2.75, 3.05) is 14.2 Å². The molecule has 0 heterocycles. The standard InChI is InChI=1S/C16H18O3/c1-17-15-9-8-14(10-16(15)18-2)12-19-11-13-6-4-3-5-7-13/h3-10H,11-12H2,1-2H3. The smallest absolute Gasteiger partial charge is 0.161 e. The van der Waals surface area contributed by atoms with Crippen molar-refractivity contribution in [1.29, 1.82) is 0 Å². The lowest BCUT2D eigenvalue weighted by atomic mass is 10.2. The maximum Gasteiger partial charge on any atom is 0.161 e. The maximum atomic E-state index is 5.68. The third kappa shape index (κ3) is 3.73. The lowest BCUT2D eigenvalue weighted by Gasteiger charge is -2.10. The van der Waals surface area contributed by atoms with Crippen molar-refractivity contribution < 1.29 is 14.2 Å². The second-order valence-corrected chi connectivity index (χ2v) is 4.17. The lowest BCUT2D eigenvalue weighted by Crippen LogP contribution is -1.96. The van der Waals surface area contributed by atoms with Gasteiger partial charge in [-0.25, -0.2) is 0 Å². The average Bonchev–Trinajstić information content (AvgIpc) is 2.48. The molecule has 0 aliphatic heterocycles. The molecule has 0 radical (unpaired) electrons. The molecule has 3 nitrogen and oxygen atoms in total. The molecule has 0 fully saturated rings. The van der Waals surface area contributed by atoms with Gasteiger partial charge in [0.2, 0.25) is 0 Å². The normalized spacial score (nSPS) is 10.2. The van der Waals surface area contributed by atoms with Crippen LogP contribution >= 0.6 is 0 Å². The average molecular weight is 258 g/mol. The van der Waals surface area contributed by atoms with Crippen molar-refractivity contribution in [2.45, 2.75) is 13.2 Å². The summed E-state index contributed by atoms with van der Waals surface area (Å²) in [6, 6.07) is 15.9. The Bertz CT molecular complexity index is 509. The van der Waals surface area contributed by atoms with E-state index in [4.69, 9.17) is 14.2 Å². The summed E-state index contributed by atoms with van der Waals surface area (Å²) >= 11 is 0. The molecular formula is C16H18O3. The molecule has 2 rings (SSSR count). The zero-order valence-electron chi connectivity index (χ0n) is 11.3. The monoisotopic (exact) mass is 258 g/mol. The minimum Gasteiger partial charge on any atom is -0.493 e. The first-order valence-corrected chi connectivity index (χ1v) is 6.16. The molecule has 0 aliphatic carbocycles. The Morgan fingerprint density at radius 2 is 1.42 bits per heavy atom. The van der Waals surface area contributed by atoms with E-state index in [1.54, 1.807) is 14.2 Å². The first-order chi connectivity index (χ1) is 9.33. The summed E-state index contributed by atoms with van der Waals surface area (Å²) in [5, 5.41) is 0. The quantitative estimate of drug-likeness (QED) is 0.794. The van der Waals surface area contributed by atoms with Gasteiger partial charge in [0.25, 0.3) is 0 Å². The molecular weight excluding hydrogens is 240 g/mol. The fourth-order valence-electron chi connectivity index (χ4n) is 1.83. The highest BCUT2D eigenvalue weighted by Gasteiger charge is 2.04. The second-order valence-electron chi connectivity index (χ2n) is 4.17. The third-order valence-electron chi connectivity index (χ3n) is 2.83. The van der Waals surface area contributed by atoms with Gasteiger partial charge >= 0.3 is 0 Å². The number of hydrogen-bond donors (Lipinski definition) is 0. The number of methoxy groups -OCH3 is 2. The summed E-state index contributed by atoms with van der Waals surface area (Å²) in [6.07, 6.45) is 0. The molecule has 2 aromatic carbocycles. The summed E-state index contributed by atoms with van der Waals surface area (Å²) in [6.45, 7) is 1.16. The first-order valence-electron chi connectivity index (χ1n) is 6.16. The van der Waals surface area contributed by atoms with E-state index in [2.05, 4.69) is 12.1 Å². The van der Waals surface area contributed by atoms with Gasteiger partial charge in [0.15, 0.2) is 11.5 Å². The number of benzene rings is 2. The highest BCUT2D eigenvalue weighted by molar-refractivity contribution is 5.42. The Kier molecular flexibility index (Phi) is 4.81. The Hall–Kier alpha value is -2.00. The van der Waals surface area contributed by atoms with E-state index in [9.17, 15) is 0 Å². The molecule has 0 saturated heterocycles. The largest absolute Gasteiger partial charge is 0.493 e. The zero-order valence-corrected chi connectivity index (χ0v) is 11.3. The Morgan fingerprint density at radius 3 is 2.11 bits per heavy atom. The first kappa shape index (κ1) is 13.4. The lowest BCUT2D eigenvalue weighted by molar-refractivity contribution is 0.107. The number of ether oxygens (including phenoxy) is 3. The van der Waals surface area contributed by atoms with E-state index in [-0.39, 0.29) is 0 Å². The van der Waals surface area contributed by atoms with E-state index in [0.717, 1.165) is 17.1 Å². The number of hydrogen-bond acceptors (Lipinski definition) is 3. The van der Waals surface area contributed by atoms with Gasteiger partial charge in [-0.1, -0.05) is 36.4 Å². The minimum atomic E-state index is 0.551. The van der Waals surface area contributed by atoms with Crippen LogP contribution in [0.2, 0.25) is 0 Å². The predicted octanol–water partition coefficient (Wildman–Crippen LogP) is 3.42. The molecule has 0 atom stereocenters. The molecule has 0 N–H and O–H groups in total. The number of rotatable bonds is 6. The molecule has 0 bridgehead atoms. The fourth-order valence-corrected chi connectivity index (χ4v) is 1.83. The van der Waals surface area contributed by atoms with Crippen molar-refractivity contribution >= 4 is 0 Å². The summed E-state index contributed by atoms with van der Waals surface area (Å²) in [5.74, 6) is 1.46. The molecule has 0 aromatic heterocycles. The van der Waals surface area contributed by atoms with Crippen LogP contribution in [-0.2, 0) is 18.0 Å². The van der Waals surface area contributed by atoms with Crippen molar-refractivity contribution in [1.82, 2.24) is 0 Å². The molecule has 0 spiro atoms. The van der Waals surface area contributed by atoms with E-state index >= 15 is 0 Å². The Balaban J connectivity index is 1.93. The fraction of sp³-hybridized carbons (Fsp3) is 0.250. The van der Waals surface area contributed by atoms with Gasteiger partial charge < -0.3 is 14.2 Å². The Morgan fingerprint density at radius 1 is 0.737 bits per heavy atom. The van der Waals surface area contributed by atoms with Crippen LogP contribution in [0, 0.1) is 0 Å². The molecule has 0 unspecified atom stereocenters. The van der Waals surface area contributed by atoms with Crippen LogP contribution in [0.25, 0.3) is 0 Å². The van der Waals surface area contributed by atoms with Crippen LogP contribution in [-0.4, -0.2) is 14.2 Å². The molecule has 19 heavy (non-hydrogen) atoms. The molecule has 0 saturated carbocycles. The topological polar surface area (TPSA) is 27.7 Å². The van der Waals surface area contributed by atoms with Crippen molar-refractivity contribution in [3.8, 4) is 11.5 Å². The SMILES string of the molecule is COc1ccc(COCc2ccccc2)cc1OC. The highest BCUT2D eigenvalue weighted by Crippen LogP contribution is 2.27. The van der Waals surface area contributed by atoms with Gasteiger partial charge in [-0.15, -0.1) is 0 Å². The molecule has 0 aliphatic rings. The maximum absolute atomic E-state index is 5.68. The highest BCUT2D eigenvalue weighted by atomic mass is 16.5. The molecule has 100 valence electrons. The van der Waals surface area contributed by atoms with Crippen LogP contribution in [0.3, 0.4) is 0 Å². The van der Waals surface area contributed by atoms with Gasteiger partial charge in [-0.2, -0.15) is 0 Å². The van der Waals surface area contributed by atoms with Crippen LogP contribution in [0.15, 0.2) is 48.5 Å². The predicted molar refractivity (Wildman–Crippen MR) is 74.5 cm³/mol. The Labute approximate surface area is 113 Å². The minimum absolute atomic E-state index is 0.551. The zero-order chi connectivity index (χ0) is 13.5. The van der Waals surface area contributed by atoms with E-state index in [1.165, 1.54) is 5.56 Å².